The van der Waals surface area contributed by atoms with Gasteiger partial charge in [-0.05, 0) is 42.4 Å². The van der Waals surface area contributed by atoms with Crippen LogP contribution < -0.4 is 16.0 Å². The number of fused-ring (bicyclic) bond motifs is 1. The third kappa shape index (κ3) is 5.76. The van der Waals surface area contributed by atoms with Crippen molar-refractivity contribution in [2.24, 2.45) is 29.1 Å². The fourth-order valence-corrected chi connectivity index (χ4v) is 6.79. The first-order valence-corrected chi connectivity index (χ1v) is 13.5. The summed E-state index contributed by atoms with van der Waals surface area (Å²) in [5.74, 6) is -4.22. The summed E-state index contributed by atoms with van der Waals surface area (Å²) in [4.78, 5) is 52.3. The third-order valence-corrected chi connectivity index (χ3v) is 9.07. The van der Waals surface area contributed by atoms with Crippen molar-refractivity contribution in [3.63, 3.8) is 0 Å². The molecule has 2 heterocycles. The van der Waals surface area contributed by atoms with E-state index >= 15 is 0 Å². The summed E-state index contributed by atoms with van der Waals surface area (Å²) in [7, 11) is 0. The molecular formula is C26H36F3N5O4. The van der Waals surface area contributed by atoms with Gasteiger partial charge in [0.15, 0.2) is 0 Å². The molecule has 2 saturated carbocycles. The van der Waals surface area contributed by atoms with Gasteiger partial charge in [-0.3, -0.25) is 19.2 Å². The van der Waals surface area contributed by atoms with Crippen molar-refractivity contribution in [2.75, 3.05) is 13.1 Å². The number of nitrogens with zero attached hydrogens (tertiary/aromatic N) is 2. The molecule has 2 aliphatic heterocycles. The lowest BCUT2D eigenvalue weighted by Gasteiger charge is -2.35. The fraction of sp³-hybridized carbons (Fsp3) is 0.808. The quantitative estimate of drug-likeness (QED) is 0.434. The molecule has 0 radical (unpaired) electrons. The minimum Gasteiger partial charge on any atom is -0.356 e. The summed E-state index contributed by atoms with van der Waals surface area (Å²) < 4.78 is 39.4. The number of amides is 4. The number of carbonyl (C=O) groups is 4. The van der Waals surface area contributed by atoms with Gasteiger partial charge in [0.2, 0.25) is 17.7 Å². The topological polar surface area (TPSA) is 131 Å². The fourth-order valence-electron chi connectivity index (χ4n) is 6.79. The van der Waals surface area contributed by atoms with Crippen molar-refractivity contribution in [3.05, 3.63) is 0 Å². The van der Waals surface area contributed by atoms with Crippen LogP contribution in [0.1, 0.15) is 65.2 Å². The number of piperidine rings is 1. The second-order valence-corrected chi connectivity index (χ2v) is 11.9. The van der Waals surface area contributed by atoms with Crippen LogP contribution in [0.5, 0.6) is 0 Å². The highest BCUT2D eigenvalue weighted by molar-refractivity contribution is 5.94. The van der Waals surface area contributed by atoms with Gasteiger partial charge in [0.05, 0.1) is 6.07 Å². The predicted octanol–water partition coefficient (Wildman–Crippen LogP) is 2.02. The first kappa shape index (κ1) is 28.2. The lowest BCUT2D eigenvalue weighted by molar-refractivity contribution is -0.175. The van der Waals surface area contributed by atoms with Crippen LogP contribution in [0, 0.1) is 40.4 Å². The Bertz CT molecular complexity index is 1000. The van der Waals surface area contributed by atoms with Crippen LogP contribution in [0.25, 0.3) is 0 Å². The molecule has 0 aromatic carbocycles. The second kappa shape index (κ2) is 10.7. The van der Waals surface area contributed by atoms with Crippen molar-refractivity contribution in [1.82, 2.24) is 20.9 Å². The zero-order valence-electron chi connectivity index (χ0n) is 21.8. The normalized spacial score (nSPS) is 30.0. The lowest BCUT2D eigenvalue weighted by Crippen LogP contribution is -2.58. The van der Waals surface area contributed by atoms with E-state index in [1.807, 2.05) is 25.2 Å². The second-order valence-electron chi connectivity index (χ2n) is 11.9. The molecule has 3 N–H and O–H groups in total. The minimum atomic E-state index is -5.14. The van der Waals surface area contributed by atoms with E-state index < -0.39 is 47.9 Å². The Morgan fingerprint density at radius 1 is 1.13 bits per heavy atom. The first-order chi connectivity index (χ1) is 17.8. The Morgan fingerprint density at radius 3 is 2.39 bits per heavy atom. The van der Waals surface area contributed by atoms with Crippen molar-refractivity contribution in [1.29, 1.82) is 5.26 Å². The molecule has 4 rings (SSSR count). The molecule has 4 aliphatic rings. The number of nitrogens with one attached hydrogen (secondary N) is 3. The van der Waals surface area contributed by atoms with E-state index in [-0.39, 0.29) is 48.5 Å². The molecule has 2 saturated heterocycles. The molecular weight excluding hydrogens is 503 g/mol. The first-order valence-electron chi connectivity index (χ1n) is 13.5. The molecule has 0 bridgehead atoms. The molecule has 210 valence electrons. The SMILES string of the molecule is CC1(C)C2CN(C(=O)[C@H](CC3CCCCC3)NC(=O)C(F)(F)F)C(C(=O)N[C@H](C#N)C[C@@H]3CCNC3=O)C21. The Morgan fingerprint density at radius 2 is 1.82 bits per heavy atom. The number of rotatable bonds is 8. The van der Waals surface area contributed by atoms with E-state index in [9.17, 15) is 37.6 Å². The summed E-state index contributed by atoms with van der Waals surface area (Å²) in [6.45, 7) is 4.64. The van der Waals surface area contributed by atoms with E-state index in [2.05, 4.69) is 10.6 Å². The van der Waals surface area contributed by atoms with Gasteiger partial charge in [0.1, 0.15) is 18.1 Å². The van der Waals surface area contributed by atoms with Gasteiger partial charge in [-0.15, -0.1) is 0 Å². The lowest BCUT2D eigenvalue weighted by atomic mass is 9.84. The Kier molecular flexibility index (Phi) is 7.96. The number of hydrogen-bond donors (Lipinski definition) is 3. The third-order valence-electron chi connectivity index (χ3n) is 9.07. The number of nitriles is 1. The van der Waals surface area contributed by atoms with Crippen molar-refractivity contribution in [2.45, 2.75) is 89.5 Å². The van der Waals surface area contributed by atoms with Gasteiger partial charge < -0.3 is 20.9 Å². The highest BCUT2D eigenvalue weighted by Gasteiger charge is 2.69. The number of hydrogen-bond acceptors (Lipinski definition) is 5. The molecule has 2 aliphatic carbocycles. The maximum Gasteiger partial charge on any atom is 0.471 e. The van der Waals surface area contributed by atoms with E-state index in [0.29, 0.717) is 13.0 Å². The Balaban J connectivity index is 1.51. The van der Waals surface area contributed by atoms with E-state index in [1.165, 1.54) is 4.90 Å². The van der Waals surface area contributed by atoms with Crippen LogP contribution in [0.2, 0.25) is 0 Å². The van der Waals surface area contributed by atoms with E-state index in [4.69, 9.17) is 0 Å². The maximum atomic E-state index is 13.7. The summed E-state index contributed by atoms with van der Waals surface area (Å²) in [5, 5.41) is 16.9. The standard InChI is InChI=1S/C26H36F3N5O4/c1-25(2)17-13-34(20(19(17)25)22(36)32-16(12-30)11-15-8-9-31-21(15)35)23(37)18(33-24(38)26(27,28)29)10-14-6-4-3-5-7-14/h14-20H,3-11,13H2,1-2H3,(H,31,35)(H,32,36)(H,33,38)/t15-,16-,17?,18-,19?,20?/m0/s1. The average molecular weight is 540 g/mol. The van der Waals surface area contributed by atoms with Crippen LogP contribution in [0.3, 0.4) is 0 Å². The number of alkyl halides is 3. The average Bonchev–Trinajstić information content (AvgIpc) is 3.21. The van der Waals surface area contributed by atoms with Crippen LogP contribution in [-0.4, -0.2) is 65.9 Å². The molecule has 38 heavy (non-hydrogen) atoms. The van der Waals surface area contributed by atoms with Crippen LogP contribution >= 0.6 is 0 Å². The van der Waals surface area contributed by atoms with Crippen molar-refractivity contribution >= 4 is 23.6 Å². The molecule has 4 amide bonds. The Hall–Kier alpha value is -2.84. The van der Waals surface area contributed by atoms with Gasteiger partial charge >= 0.3 is 12.1 Å². The molecule has 0 aromatic rings. The highest BCUT2D eigenvalue weighted by Crippen LogP contribution is 2.65. The molecule has 3 unspecified atom stereocenters. The minimum absolute atomic E-state index is 0.00705. The highest BCUT2D eigenvalue weighted by atomic mass is 19.4. The smallest absolute Gasteiger partial charge is 0.356 e. The zero-order valence-corrected chi connectivity index (χ0v) is 21.8. The van der Waals surface area contributed by atoms with Crippen LogP contribution in [-0.2, 0) is 19.2 Å². The largest absolute Gasteiger partial charge is 0.471 e. The van der Waals surface area contributed by atoms with Crippen LogP contribution in [0.4, 0.5) is 13.2 Å². The van der Waals surface area contributed by atoms with Gasteiger partial charge in [-0.25, -0.2) is 0 Å². The molecule has 0 spiro atoms. The van der Waals surface area contributed by atoms with Gasteiger partial charge in [-0.1, -0.05) is 46.0 Å². The summed E-state index contributed by atoms with van der Waals surface area (Å²) in [6, 6.07) is -1.28. The van der Waals surface area contributed by atoms with E-state index in [0.717, 1.165) is 32.1 Å². The number of carbonyl (C=O) groups excluding carboxylic acids is 4. The van der Waals surface area contributed by atoms with E-state index in [1.54, 1.807) is 0 Å². The summed E-state index contributed by atoms with van der Waals surface area (Å²) in [6.07, 6.45) is 0.0448. The van der Waals surface area contributed by atoms with Crippen LogP contribution in [0.15, 0.2) is 0 Å². The zero-order chi connectivity index (χ0) is 27.8. The number of halogens is 3. The number of likely N-dealkylation sites (tertiary alicyclic amines) is 1. The summed E-state index contributed by atoms with van der Waals surface area (Å²) in [5.41, 5.74) is -0.250. The monoisotopic (exact) mass is 539 g/mol. The molecule has 0 aromatic heterocycles. The van der Waals surface area contributed by atoms with Gasteiger partial charge in [0, 0.05) is 19.0 Å². The van der Waals surface area contributed by atoms with Gasteiger partial charge in [0.25, 0.3) is 0 Å². The van der Waals surface area contributed by atoms with Crippen molar-refractivity contribution in [3.8, 4) is 6.07 Å². The maximum absolute atomic E-state index is 13.7. The summed E-state index contributed by atoms with van der Waals surface area (Å²) >= 11 is 0. The van der Waals surface area contributed by atoms with Gasteiger partial charge in [-0.2, -0.15) is 18.4 Å². The molecule has 9 nitrogen and oxygen atoms in total. The molecule has 6 atom stereocenters. The molecule has 12 heteroatoms. The predicted molar refractivity (Wildman–Crippen MR) is 129 cm³/mol. The van der Waals surface area contributed by atoms with Crippen molar-refractivity contribution < 1.29 is 32.3 Å². The molecule has 4 fully saturated rings. The Labute approximate surface area is 220 Å².